The average molecular weight is 257 g/mol. The first-order valence-electron chi connectivity index (χ1n) is 6.57. The zero-order chi connectivity index (χ0) is 13.8. The van der Waals surface area contributed by atoms with Crippen molar-refractivity contribution in [2.24, 2.45) is 0 Å². The zero-order valence-electron chi connectivity index (χ0n) is 11.6. The van der Waals surface area contributed by atoms with Gasteiger partial charge in [-0.3, -0.25) is 4.79 Å². The van der Waals surface area contributed by atoms with E-state index in [0.29, 0.717) is 11.3 Å². The van der Waals surface area contributed by atoms with Gasteiger partial charge in [0.2, 0.25) is 0 Å². The van der Waals surface area contributed by atoms with E-state index < -0.39 is 0 Å². The summed E-state index contributed by atoms with van der Waals surface area (Å²) in [7, 11) is 0. The van der Waals surface area contributed by atoms with Gasteiger partial charge >= 0.3 is 0 Å². The molecule has 0 fully saturated rings. The van der Waals surface area contributed by atoms with E-state index in [1.54, 1.807) is 13.0 Å². The second-order valence-corrected chi connectivity index (χ2v) is 4.73. The van der Waals surface area contributed by atoms with Crippen molar-refractivity contribution in [3.8, 4) is 0 Å². The number of nitrogens with one attached hydrogen (secondary N) is 1. The second-order valence-electron chi connectivity index (χ2n) is 4.73. The Balaban J connectivity index is 2.08. The maximum Gasteiger partial charge on any atom is 0.259 e. The maximum atomic E-state index is 12.1. The number of benzene rings is 1. The number of carbonyl (C=O) groups is 1. The number of amides is 1. The molecule has 0 bridgehead atoms. The van der Waals surface area contributed by atoms with E-state index in [4.69, 9.17) is 4.42 Å². The molecule has 1 N–H and O–H groups in total. The fraction of sp³-hybridized carbons (Fsp3) is 0.312. The van der Waals surface area contributed by atoms with Gasteiger partial charge in [-0.1, -0.05) is 25.5 Å². The third-order valence-corrected chi connectivity index (χ3v) is 3.04. The van der Waals surface area contributed by atoms with E-state index in [0.717, 1.165) is 24.3 Å². The van der Waals surface area contributed by atoms with Gasteiger partial charge in [-0.25, -0.2) is 0 Å². The van der Waals surface area contributed by atoms with E-state index >= 15 is 0 Å². The van der Waals surface area contributed by atoms with Crippen molar-refractivity contribution in [1.29, 1.82) is 0 Å². The summed E-state index contributed by atoms with van der Waals surface area (Å²) in [5.74, 6) is 1.27. The number of carbonyl (C=O) groups excluding carboxylic acids is 1. The molecule has 0 radical (unpaired) electrons. The van der Waals surface area contributed by atoms with E-state index in [2.05, 4.69) is 12.2 Å². The second kappa shape index (κ2) is 5.74. The largest absolute Gasteiger partial charge is 0.466 e. The lowest BCUT2D eigenvalue weighted by molar-refractivity contribution is 0.102. The molecule has 2 rings (SSSR count). The molecule has 1 aromatic heterocycles. The van der Waals surface area contributed by atoms with Crippen LogP contribution < -0.4 is 5.32 Å². The van der Waals surface area contributed by atoms with Crippen LogP contribution in [0.25, 0.3) is 0 Å². The highest BCUT2D eigenvalue weighted by Gasteiger charge is 2.13. The summed E-state index contributed by atoms with van der Waals surface area (Å²) in [4.78, 5) is 12.1. The Kier molecular flexibility index (Phi) is 4.05. The fourth-order valence-electron chi connectivity index (χ4n) is 2.10. The standard InChI is InChI=1S/C16H19NO2/c1-4-5-13-6-8-14(9-7-13)17-16(18)15-10-11(2)19-12(15)3/h6-10H,4-5H2,1-3H3,(H,17,18). The third kappa shape index (κ3) is 3.25. The van der Waals surface area contributed by atoms with Crippen LogP contribution >= 0.6 is 0 Å². The lowest BCUT2D eigenvalue weighted by Gasteiger charge is -2.05. The topological polar surface area (TPSA) is 42.2 Å². The molecule has 0 aliphatic carbocycles. The van der Waals surface area contributed by atoms with Gasteiger partial charge in [0.25, 0.3) is 5.91 Å². The van der Waals surface area contributed by atoms with Gasteiger partial charge in [-0.05, 0) is 44.0 Å². The summed E-state index contributed by atoms with van der Waals surface area (Å²) in [6.07, 6.45) is 2.19. The molecule has 0 saturated heterocycles. The van der Waals surface area contributed by atoms with Crippen molar-refractivity contribution in [3.63, 3.8) is 0 Å². The summed E-state index contributed by atoms with van der Waals surface area (Å²) in [5.41, 5.74) is 2.69. The molecule has 100 valence electrons. The average Bonchev–Trinajstić information content (AvgIpc) is 2.71. The molecule has 19 heavy (non-hydrogen) atoms. The number of aryl methyl sites for hydroxylation is 3. The molecule has 0 unspecified atom stereocenters. The van der Waals surface area contributed by atoms with Gasteiger partial charge in [0.1, 0.15) is 11.5 Å². The van der Waals surface area contributed by atoms with Gasteiger partial charge < -0.3 is 9.73 Å². The van der Waals surface area contributed by atoms with E-state index in [-0.39, 0.29) is 5.91 Å². The Morgan fingerprint density at radius 3 is 2.42 bits per heavy atom. The van der Waals surface area contributed by atoms with E-state index in [9.17, 15) is 4.79 Å². The monoisotopic (exact) mass is 257 g/mol. The first kappa shape index (κ1) is 13.4. The Morgan fingerprint density at radius 2 is 1.89 bits per heavy atom. The fourth-order valence-corrected chi connectivity index (χ4v) is 2.10. The minimum Gasteiger partial charge on any atom is -0.466 e. The van der Waals surface area contributed by atoms with Crippen LogP contribution in [0.4, 0.5) is 5.69 Å². The van der Waals surface area contributed by atoms with Crippen molar-refractivity contribution < 1.29 is 9.21 Å². The van der Waals surface area contributed by atoms with Gasteiger partial charge in [0.05, 0.1) is 5.56 Å². The van der Waals surface area contributed by atoms with Crippen LogP contribution in [-0.2, 0) is 6.42 Å². The summed E-state index contributed by atoms with van der Waals surface area (Å²) >= 11 is 0. The number of anilines is 1. The maximum absolute atomic E-state index is 12.1. The lowest BCUT2D eigenvalue weighted by Crippen LogP contribution is -2.12. The quantitative estimate of drug-likeness (QED) is 0.896. The van der Waals surface area contributed by atoms with Gasteiger partial charge in [0, 0.05) is 5.69 Å². The van der Waals surface area contributed by atoms with Gasteiger partial charge in [-0.15, -0.1) is 0 Å². The molecule has 0 aliphatic rings. The lowest BCUT2D eigenvalue weighted by atomic mass is 10.1. The smallest absolute Gasteiger partial charge is 0.259 e. The highest BCUT2D eigenvalue weighted by Crippen LogP contribution is 2.17. The van der Waals surface area contributed by atoms with E-state index in [1.807, 2.05) is 31.2 Å². The number of hydrogen-bond acceptors (Lipinski definition) is 2. The number of rotatable bonds is 4. The molecule has 0 saturated carbocycles. The molecule has 1 aromatic carbocycles. The number of furan rings is 1. The minimum absolute atomic E-state index is 0.127. The third-order valence-electron chi connectivity index (χ3n) is 3.04. The molecule has 0 atom stereocenters. The van der Waals surface area contributed by atoms with Crippen LogP contribution in [0, 0.1) is 13.8 Å². The molecule has 3 nitrogen and oxygen atoms in total. The summed E-state index contributed by atoms with van der Waals surface area (Å²) < 4.78 is 5.36. The van der Waals surface area contributed by atoms with E-state index in [1.165, 1.54) is 5.56 Å². The van der Waals surface area contributed by atoms with Crippen LogP contribution in [0.15, 0.2) is 34.7 Å². The molecule has 0 spiro atoms. The van der Waals surface area contributed by atoms with Crippen LogP contribution in [0.2, 0.25) is 0 Å². The first-order valence-corrected chi connectivity index (χ1v) is 6.57. The van der Waals surface area contributed by atoms with Crippen molar-refractivity contribution in [2.45, 2.75) is 33.6 Å². The summed E-state index contributed by atoms with van der Waals surface area (Å²) in [6.45, 7) is 5.79. The van der Waals surface area contributed by atoms with Gasteiger partial charge in [-0.2, -0.15) is 0 Å². The first-order chi connectivity index (χ1) is 9.10. The Hall–Kier alpha value is -2.03. The molecule has 1 amide bonds. The molecule has 2 aromatic rings. The molecular formula is C16H19NO2. The van der Waals surface area contributed by atoms with Gasteiger partial charge in [0.15, 0.2) is 0 Å². The Labute approximate surface area is 113 Å². The molecule has 3 heteroatoms. The predicted molar refractivity (Wildman–Crippen MR) is 76.6 cm³/mol. The van der Waals surface area contributed by atoms with Crippen LogP contribution in [0.3, 0.4) is 0 Å². The predicted octanol–water partition coefficient (Wildman–Crippen LogP) is 4.10. The van der Waals surface area contributed by atoms with Crippen LogP contribution in [-0.4, -0.2) is 5.91 Å². The van der Waals surface area contributed by atoms with Crippen molar-refractivity contribution in [1.82, 2.24) is 0 Å². The van der Waals surface area contributed by atoms with Crippen molar-refractivity contribution in [2.75, 3.05) is 5.32 Å². The molecule has 1 heterocycles. The Morgan fingerprint density at radius 1 is 1.21 bits per heavy atom. The molecular weight excluding hydrogens is 238 g/mol. The van der Waals surface area contributed by atoms with Crippen molar-refractivity contribution in [3.05, 3.63) is 53.0 Å². The normalized spacial score (nSPS) is 10.5. The SMILES string of the molecule is CCCc1ccc(NC(=O)c2cc(C)oc2C)cc1. The van der Waals surface area contributed by atoms with Crippen LogP contribution in [0.1, 0.15) is 40.8 Å². The minimum atomic E-state index is -0.127. The molecule has 0 aliphatic heterocycles. The summed E-state index contributed by atoms with van der Waals surface area (Å²) in [5, 5.41) is 2.88. The Bertz CT molecular complexity index is 567. The van der Waals surface area contributed by atoms with Crippen LogP contribution in [0.5, 0.6) is 0 Å². The highest BCUT2D eigenvalue weighted by molar-refractivity contribution is 6.05. The zero-order valence-corrected chi connectivity index (χ0v) is 11.6. The highest BCUT2D eigenvalue weighted by atomic mass is 16.3. The number of hydrogen-bond donors (Lipinski definition) is 1. The summed E-state index contributed by atoms with van der Waals surface area (Å²) in [6, 6.07) is 9.73. The van der Waals surface area contributed by atoms with Crippen molar-refractivity contribution >= 4 is 11.6 Å².